The van der Waals surface area contributed by atoms with Crippen LogP contribution in [0.5, 0.6) is 0 Å². The Balaban J connectivity index is 1.46. The van der Waals surface area contributed by atoms with Gasteiger partial charge in [-0.05, 0) is 43.2 Å². The van der Waals surface area contributed by atoms with Gasteiger partial charge in [-0.1, -0.05) is 31.2 Å². The van der Waals surface area contributed by atoms with Gasteiger partial charge in [-0.25, -0.2) is 0 Å². The van der Waals surface area contributed by atoms with Gasteiger partial charge in [-0.2, -0.15) is 5.26 Å². The van der Waals surface area contributed by atoms with Gasteiger partial charge in [0.15, 0.2) is 0 Å². The number of nitrogens with zero attached hydrogens (tertiary/aromatic N) is 3. The maximum absolute atomic E-state index is 12.6. The van der Waals surface area contributed by atoms with Gasteiger partial charge in [0.25, 0.3) is 0 Å². The van der Waals surface area contributed by atoms with Crippen LogP contribution in [0.25, 0.3) is 0 Å². The van der Waals surface area contributed by atoms with E-state index < -0.39 is 0 Å². The Hall–Kier alpha value is -3.21. The minimum Gasteiger partial charge on any atom is -0.325 e. The zero-order valence-electron chi connectivity index (χ0n) is 18.1. The zero-order valence-corrected chi connectivity index (χ0v) is 18.1. The van der Waals surface area contributed by atoms with E-state index in [9.17, 15) is 9.59 Å². The summed E-state index contributed by atoms with van der Waals surface area (Å²) in [6, 6.07) is 16.5. The molecule has 31 heavy (non-hydrogen) atoms. The molecule has 1 aliphatic heterocycles. The fourth-order valence-corrected chi connectivity index (χ4v) is 3.73. The number of aryl methyl sites for hydroxylation is 1. The number of nitriles is 1. The lowest BCUT2D eigenvalue weighted by Crippen LogP contribution is -2.53. The molecule has 0 aromatic heterocycles. The molecule has 2 amide bonds. The van der Waals surface area contributed by atoms with Gasteiger partial charge in [-0.3, -0.25) is 19.4 Å². The van der Waals surface area contributed by atoms with Crippen molar-refractivity contribution in [2.45, 2.75) is 26.3 Å². The molecule has 0 bridgehead atoms. The summed E-state index contributed by atoms with van der Waals surface area (Å²) in [4.78, 5) is 29.3. The van der Waals surface area contributed by atoms with Crippen LogP contribution in [0, 0.1) is 11.3 Å². The highest BCUT2D eigenvalue weighted by Crippen LogP contribution is 2.16. The Labute approximate surface area is 183 Å². The van der Waals surface area contributed by atoms with Crippen LogP contribution in [0.4, 0.5) is 11.4 Å². The molecule has 1 atom stereocenters. The maximum Gasteiger partial charge on any atom is 0.241 e. The first kappa shape index (κ1) is 22.5. The normalized spacial score (nSPS) is 15.6. The molecular formula is C24H29N5O2. The largest absolute Gasteiger partial charge is 0.325 e. The molecule has 0 saturated carbocycles. The second-order valence-electron chi connectivity index (χ2n) is 7.73. The van der Waals surface area contributed by atoms with Crippen LogP contribution < -0.4 is 10.6 Å². The van der Waals surface area contributed by atoms with E-state index >= 15 is 0 Å². The van der Waals surface area contributed by atoms with Crippen molar-refractivity contribution in [1.82, 2.24) is 9.80 Å². The zero-order chi connectivity index (χ0) is 22.2. The molecular weight excluding hydrogens is 390 g/mol. The van der Waals surface area contributed by atoms with Gasteiger partial charge in [0.05, 0.1) is 24.2 Å². The van der Waals surface area contributed by atoms with Gasteiger partial charge in [0.1, 0.15) is 0 Å². The highest BCUT2D eigenvalue weighted by Gasteiger charge is 2.26. The number of rotatable bonds is 7. The summed E-state index contributed by atoms with van der Waals surface area (Å²) in [5.74, 6) is -0.116. The lowest BCUT2D eigenvalue weighted by molar-refractivity contribution is -0.122. The van der Waals surface area contributed by atoms with E-state index in [0.717, 1.165) is 30.8 Å². The summed E-state index contributed by atoms with van der Waals surface area (Å²) < 4.78 is 0. The van der Waals surface area contributed by atoms with Crippen LogP contribution in [0.1, 0.15) is 25.0 Å². The third-order valence-corrected chi connectivity index (χ3v) is 5.63. The number of carbonyl (C=O) groups is 2. The summed E-state index contributed by atoms with van der Waals surface area (Å²) in [7, 11) is 0. The number of piperazine rings is 1. The van der Waals surface area contributed by atoms with Crippen molar-refractivity contribution in [2.75, 3.05) is 43.4 Å². The van der Waals surface area contributed by atoms with E-state index in [1.807, 2.05) is 31.2 Å². The van der Waals surface area contributed by atoms with Crippen molar-refractivity contribution in [3.8, 4) is 6.07 Å². The predicted molar refractivity (Wildman–Crippen MR) is 122 cm³/mol. The first-order valence-corrected chi connectivity index (χ1v) is 10.7. The lowest BCUT2D eigenvalue weighted by atomic mass is 10.1. The van der Waals surface area contributed by atoms with E-state index in [4.69, 9.17) is 5.26 Å². The molecule has 7 nitrogen and oxygen atoms in total. The first-order valence-electron chi connectivity index (χ1n) is 10.7. The van der Waals surface area contributed by atoms with Gasteiger partial charge in [0.2, 0.25) is 11.8 Å². The molecule has 0 aliphatic carbocycles. The van der Waals surface area contributed by atoms with E-state index in [2.05, 4.69) is 33.4 Å². The third-order valence-electron chi connectivity index (χ3n) is 5.63. The topological polar surface area (TPSA) is 88.5 Å². The number of anilines is 2. The average Bonchev–Trinajstić information content (AvgIpc) is 2.79. The van der Waals surface area contributed by atoms with Crippen molar-refractivity contribution >= 4 is 23.2 Å². The second-order valence-corrected chi connectivity index (χ2v) is 7.73. The maximum atomic E-state index is 12.6. The van der Waals surface area contributed by atoms with Gasteiger partial charge in [-0.15, -0.1) is 0 Å². The molecule has 7 heteroatoms. The number of hydrogen-bond donors (Lipinski definition) is 2. The Kier molecular flexibility index (Phi) is 7.76. The van der Waals surface area contributed by atoms with Crippen LogP contribution >= 0.6 is 0 Å². The fourth-order valence-electron chi connectivity index (χ4n) is 3.73. The molecule has 0 radical (unpaired) electrons. The Morgan fingerprint density at radius 3 is 2.52 bits per heavy atom. The van der Waals surface area contributed by atoms with Crippen LogP contribution in [0.15, 0.2) is 48.5 Å². The van der Waals surface area contributed by atoms with Gasteiger partial charge in [0, 0.05) is 37.6 Å². The Morgan fingerprint density at radius 2 is 1.81 bits per heavy atom. The van der Waals surface area contributed by atoms with Crippen LogP contribution in [0.3, 0.4) is 0 Å². The quantitative estimate of drug-likeness (QED) is 0.720. The number of carbonyl (C=O) groups excluding carboxylic acids is 2. The molecule has 162 valence electrons. The monoisotopic (exact) mass is 419 g/mol. The van der Waals surface area contributed by atoms with Crippen molar-refractivity contribution in [1.29, 1.82) is 5.26 Å². The fraction of sp³-hybridized carbons (Fsp3) is 0.375. The molecule has 2 N–H and O–H groups in total. The van der Waals surface area contributed by atoms with Crippen molar-refractivity contribution in [2.24, 2.45) is 0 Å². The lowest BCUT2D eigenvalue weighted by Gasteiger charge is -2.37. The molecule has 0 spiro atoms. The summed E-state index contributed by atoms with van der Waals surface area (Å²) >= 11 is 0. The number of benzene rings is 2. The van der Waals surface area contributed by atoms with Crippen molar-refractivity contribution < 1.29 is 9.59 Å². The third kappa shape index (κ3) is 6.14. The van der Waals surface area contributed by atoms with Crippen molar-refractivity contribution in [3.63, 3.8) is 0 Å². The summed E-state index contributed by atoms with van der Waals surface area (Å²) in [5.41, 5.74) is 3.14. The van der Waals surface area contributed by atoms with Crippen LogP contribution in [-0.4, -0.2) is 60.4 Å². The molecule has 1 fully saturated rings. The SMILES string of the molecule is CCc1ccccc1NC(=O)CN1CCN([C@H](C)C(=O)Nc2cccc(C#N)c2)CC1. The van der Waals surface area contributed by atoms with Gasteiger partial charge >= 0.3 is 0 Å². The first-order chi connectivity index (χ1) is 15.0. The Morgan fingerprint density at radius 1 is 1.06 bits per heavy atom. The minimum atomic E-state index is -0.293. The number of para-hydroxylation sites is 1. The molecule has 0 unspecified atom stereocenters. The highest BCUT2D eigenvalue weighted by atomic mass is 16.2. The second kappa shape index (κ2) is 10.7. The van der Waals surface area contributed by atoms with Crippen LogP contribution in [-0.2, 0) is 16.0 Å². The number of amides is 2. The van der Waals surface area contributed by atoms with Crippen molar-refractivity contribution in [3.05, 3.63) is 59.7 Å². The number of nitrogens with one attached hydrogen (secondary N) is 2. The predicted octanol–water partition coefficient (Wildman–Crippen LogP) is 2.70. The Bertz CT molecular complexity index is 960. The smallest absolute Gasteiger partial charge is 0.241 e. The summed E-state index contributed by atoms with van der Waals surface area (Å²) in [6.45, 7) is 7.18. The van der Waals surface area contributed by atoms with E-state index in [1.165, 1.54) is 0 Å². The molecule has 1 heterocycles. The molecule has 1 saturated heterocycles. The summed E-state index contributed by atoms with van der Waals surface area (Å²) in [6.07, 6.45) is 0.871. The number of hydrogen-bond acceptors (Lipinski definition) is 5. The molecule has 1 aliphatic rings. The van der Waals surface area contributed by atoms with E-state index in [1.54, 1.807) is 24.3 Å². The molecule has 3 rings (SSSR count). The molecule has 2 aromatic carbocycles. The van der Waals surface area contributed by atoms with E-state index in [0.29, 0.717) is 30.9 Å². The minimum absolute atomic E-state index is 0.0162. The average molecular weight is 420 g/mol. The highest BCUT2D eigenvalue weighted by molar-refractivity contribution is 5.95. The van der Waals surface area contributed by atoms with E-state index in [-0.39, 0.29) is 17.9 Å². The molecule has 2 aromatic rings. The summed E-state index contributed by atoms with van der Waals surface area (Å²) in [5, 5.41) is 14.9. The van der Waals surface area contributed by atoms with Gasteiger partial charge < -0.3 is 10.6 Å². The standard InChI is InChI=1S/C24H29N5O2/c1-3-20-8-4-5-10-22(20)27-23(30)17-28-11-13-29(14-12-28)18(2)24(31)26-21-9-6-7-19(15-21)16-25/h4-10,15,18H,3,11-14,17H2,1-2H3,(H,26,31)(H,27,30)/t18-/m1/s1. The van der Waals surface area contributed by atoms with Crippen LogP contribution in [0.2, 0.25) is 0 Å².